The van der Waals surface area contributed by atoms with E-state index in [1.807, 2.05) is 11.3 Å². The Kier molecular flexibility index (Phi) is 7.54. The molecule has 11 aromatic rings. The monoisotopic (exact) mass is 795 g/mol. The van der Waals surface area contributed by atoms with Gasteiger partial charge in [0.2, 0.25) is 0 Å². The first kappa shape index (κ1) is 34.2. The molecular formula is C57H37N3S. The van der Waals surface area contributed by atoms with E-state index in [2.05, 4.69) is 227 Å². The molecule has 0 saturated carbocycles. The number of anilines is 7. The summed E-state index contributed by atoms with van der Waals surface area (Å²) < 4.78 is 2.55. The largest absolute Gasteiger partial charge is 0.321 e. The Bertz CT molecular complexity index is 3510. The second-order valence-corrected chi connectivity index (χ2v) is 17.2. The Labute approximate surface area is 358 Å². The van der Waals surface area contributed by atoms with Crippen molar-refractivity contribution in [3.05, 3.63) is 212 Å². The number of nitrogens with zero attached hydrogens (tertiary/aromatic N) is 3. The molecule has 3 nitrogen and oxygen atoms in total. The van der Waals surface area contributed by atoms with Gasteiger partial charge in [0.1, 0.15) is 6.67 Å². The van der Waals surface area contributed by atoms with Gasteiger partial charge in [-0.1, -0.05) is 146 Å². The minimum absolute atomic E-state index is 0.708. The van der Waals surface area contributed by atoms with Crippen molar-refractivity contribution in [2.24, 2.45) is 0 Å². The first-order valence-electron chi connectivity index (χ1n) is 21.0. The molecule has 2 heterocycles. The van der Waals surface area contributed by atoms with Crippen LogP contribution in [-0.2, 0) is 0 Å². The van der Waals surface area contributed by atoms with E-state index >= 15 is 0 Å². The van der Waals surface area contributed by atoms with Crippen LogP contribution >= 0.6 is 11.3 Å². The second-order valence-electron chi connectivity index (χ2n) is 16.1. The smallest absolute Gasteiger partial charge is 0.100 e. The van der Waals surface area contributed by atoms with Crippen LogP contribution in [0, 0.1) is 0 Å². The van der Waals surface area contributed by atoms with Crippen LogP contribution < -0.4 is 14.7 Å². The zero-order chi connectivity index (χ0) is 40.0. The first-order chi connectivity index (χ1) is 30.3. The average molecular weight is 796 g/mol. The topological polar surface area (TPSA) is 9.72 Å². The molecule has 1 aliphatic carbocycles. The highest BCUT2D eigenvalue weighted by Crippen LogP contribution is 2.55. The molecule has 0 fully saturated rings. The summed E-state index contributed by atoms with van der Waals surface area (Å²) in [5.41, 5.74) is 15.8. The van der Waals surface area contributed by atoms with Gasteiger partial charge in [0.05, 0.1) is 17.1 Å². The molecule has 4 heteroatoms. The first-order valence-corrected chi connectivity index (χ1v) is 21.8. The van der Waals surface area contributed by atoms with Crippen molar-refractivity contribution in [3.8, 4) is 33.4 Å². The van der Waals surface area contributed by atoms with E-state index in [4.69, 9.17) is 0 Å². The van der Waals surface area contributed by atoms with Crippen LogP contribution in [-0.4, -0.2) is 6.67 Å². The Hall–Kier alpha value is -7.66. The third kappa shape index (κ3) is 5.22. The minimum Gasteiger partial charge on any atom is -0.321 e. The van der Waals surface area contributed by atoms with Crippen LogP contribution in [0.15, 0.2) is 212 Å². The number of hydrogen-bond donors (Lipinski definition) is 0. The van der Waals surface area contributed by atoms with E-state index in [1.54, 1.807) is 0 Å². The van der Waals surface area contributed by atoms with Crippen molar-refractivity contribution in [2.75, 3.05) is 21.4 Å². The summed E-state index contributed by atoms with van der Waals surface area (Å²) in [6.07, 6.45) is 0. The molecule has 0 amide bonds. The lowest BCUT2D eigenvalue weighted by Gasteiger charge is -2.29. The molecule has 61 heavy (non-hydrogen) atoms. The summed E-state index contributed by atoms with van der Waals surface area (Å²) in [5.74, 6) is 0. The van der Waals surface area contributed by atoms with Crippen molar-refractivity contribution < 1.29 is 0 Å². The normalized spacial score (nSPS) is 12.8. The zero-order valence-electron chi connectivity index (χ0n) is 33.2. The quantitative estimate of drug-likeness (QED) is 0.166. The number of thiophene rings is 1. The van der Waals surface area contributed by atoms with Crippen LogP contribution in [0.5, 0.6) is 0 Å². The van der Waals surface area contributed by atoms with Crippen molar-refractivity contribution in [3.63, 3.8) is 0 Å². The summed E-state index contributed by atoms with van der Waals surface area (Å²) in [6, 6.07) is 78.3. The average Bonchev–Trinajstić information content (AvgIpc) is 4.01. The van der Waals surface area contributed by atoms with Crippen LogP contribution in [0.1, 0.15) is 0 Å². The van der Waals surface area contributed by atoms with Gasteiger partial charge in [-0.15, -0.1) is 11.3 Å². The Morgan fingerprint density at radius 2 is 1.02 bits per heavy atom. The van der Waals surface area contributed by atoms with Gasteiger partial charge in [-0.3, -0.25) is 0 Å². The van der Waals surface area contributed by atoms with Crippen LogP contribution in [0.4, 0.5) is 39.8 Å². The summed E-state index contributed by atoms with van der Waals surface area (Å²) >= 11 is 1.88. The number of para-hydroxylation sites is 3. The molecule has 0 bridgehead atoms. The fraction of sp³-hybridized carbons (Fsp3) is 0.0175. The summed E-state index contributed by atoms with van der Waals surface area (Å²) in [7, 11) is 0. The maximum absolute atomic E-state index is 2.51. The van der Waals surface area contributed by atoms with Crippen LogP contribution in [0.3, 0.4) is 0 Å². The van der Waals surface area contributed by atoms with Gasteiger partial charge in [-0.05, 0) is 111 Å². The predicted molar refractivity (Wildman–Crippen MR) is 261 cm³/mol. The molecule has 10 aromatic carbocycles. The highest BCUT2D eigenvalue weighted by molar-refractivity contribution is 7.26. The lowest BCUT2D eigenvalue weighted by Crippen LogP contribution is -2.23. The van der Waals surface area contributed by atoms with Gasteiger partial charge in [0, 0.05) is 53.9 Å². The van der Waals surface area contributed by atoms with Gasteiger partial charge >= 0.3 is 0 Å². The van der Waals surface area contributed by atoms with Crippen LogP contribution in [0.2, 0.25) is 0 Å². The molecule has 1 aliphatic heterocycles. The van der Waals surface area contributed by atoms with Crippen molar-refractivity contribution >= 4 is 92.9 Å². The fourth-order valence-electron chi connectivity index (χ4n) is 10.1. The van der Waals surface area contributed by atoms with E-state index < -0.39 is 0 Å². The summed E-state index contributed by atoms with van der Waals surface area (Å²) in [5, 5.41) is 7.57. The highest BCUT2D eigenvalue weighted by Gasteiger charge is 2.32. The van der Waals surface area contributed by atoms with Gasteiger partial charge in [0.15, 0.2) is 0 Å². The molecule has 0 radical (unpaired) electrons. The Morgan fingerprint density at radius 3 is 1.84 bits per heavy atom. The number of benzene rings is 10. The van der Waals surface area contributed by atoms with E-state index in [0.717, 1.165) is 17.1 Å². The Balaban J connectivity index is 1.11. The molecule has 0 N–H and O–H groups in total. The summed E-state index contributed by atoms with van der Waals surface area (Å²) in [6.45, 7) is 0.708. The van der Waals surface area contributed by atoms with Gasteiger partial charge < -0.3 is 14.7 Å². The molecule has 0 saturated heterocycles. The maximum Gasteiger partial charge on any atom is 0.100 e. The minimum atomic E-state index is 0.708. The van der Waals surface area contributed by atoms with E-state index in [0.29, 0.717) is 6.67 Å². The van der Waals surface area contributed by atoms with Gasteiger partial charge in [-0.25, -0.2) is 0 Å². The predicted octanol–water partition coefficient (Wildman–Crippen LogP) is 16.4. The van der Waals surface area contributed by atoms with Gasteiger partial charge in [0.25, 0.3) is 0 Å². The molecule has 0 spiro atoms. The van der Waals surface area contributed by atoms with E-state index in [1.165, 1.54) is 97.8 Å². The van der Waals surface area contributed by atoms with Crippen molar-refractivity contribution in [1.82, 2.24) is 0 Å². The highest BCUT2D eigenvalue weighted by atomic mass is 32.1. The zero-order valence-corrected chi connectivity index (χ0v) is 34.0. The third-order valence-electron chi connectivity index (χ3n) is 12.8. The third-order valence-corrected chi connectivity index (χ3v) is 13.9. The SMILES string of the molecule is c1ccc(N2CN(c3ccccc3)c3c(-c4cc(N(c5ccc6ccccc6c5)c5ccc6c7c(cccc57)-c5ccccc5-6)cc5sc6ccccc6c45)cccc32)cc1. The molecule has 2 aliphatic rings. The molecule has 286 valence electrons. The summed E-state index contributed by atoms with van der Waals surface area (Å²) in [4.78, 5) is 7.46. The molecule has 0 unspecified atom stereocenters. The maximum atomic E-state index is 2.51. The Morgan fingerprint density at radius 1 is 0.377 bits per heavy atom. The number of rotatable bonds is 6. The molecule has 0 atom stereocenters. The van der Waals surface area contributed by atoms with E-state index in [9.17, 15) is 0 Å². The molecule has 1 aromatic heterocycles. The number of hydrogen-bond acceptors (Lipinski definition) is 4. The standard InChI is InChI=1S/C57H37N3S/c1-3-17-39(18-4-1)58-36-59(40-19-5-2-6-20-40)57-47(25-14-27-52(57)58)50-34-42(35-54-56(50)49-23-11-12-28-53(49)61-54)60(41-30-29-37-15-7-8-16-38(37)33-41)51-32-31-46-44-22-10-9-21-43(44)45-24-13-26-48(51)55(45)46/h1-35H,36H2. The molecular weight excluding hydrogens is 759 g/mol. The fourth-order valence-corrected chi connectivity index (χ4v) is 11.3. The van der Waals surface area contributed by atoms with Crippen molar-refractivity contribution in [2.45, 2.75) is 0 Å². The van der Waals surface area contributed by atoms with E-state index in [-0.39, 0.29) is 0 Å². The number of fused-ring (bicyclic) bond motifs is 8. The van der Waals surface area contributed by atoms with Crippen LogP contribution in [0.25, 0.3) is 75.1 Å². The van der Waals surface area contributed by atoms with Crippen molar-refractivity contribution in [1.29, 1.82) is 0 Å². The lowest BCUT2D eigenvalue weighted by molar-refractivity contribution is 0.991. The lowest BCUT2D eigenvalue weighted by atomic mass is 9.95. The van der Waals surface area contributed by atoms with Gasteiger partial charge in [-0.2, -0.15) is 0 Å². The molecule has 13 rings (SSSR count). The second kappa shape index (κ2) is 13.4.